The Morgan fingerprint density at radius 3 is 2.56 bits per heavy atom. The van der Waals surface area contributed by atoms with Crippen LogP contribution in [0, 0.1) is 29.6 Å². The maximum Gasteiger partial charge on any atom is 0.156 e. The van der Waals surface area contributed by atoms with Gasteiger partial charge in [0.05, 0.1) is 17.3 Å². The molecule has 3 heterocycles. The number of rotatable bonds is 8. The average Bonchev–Trinajstić information content (AvgIpc) is 3.49. The highest BCUT2D eigenvalue weighted by Gasteiger charge is 2.17. The minimum absolute atomic E-state index is 0.694. The molecule has 1 N–H and O–H groups in total. The van der Waals surface area contributed by atoms with Crippen LogP contribution in [0.2, 0.25) is 0 Å². The molecule has 0 aliphatic carbocycles. The monoisotopic (exact) mass is 512 g/mol. The van der Waals surface area contributed by atoms with Gasteiger partial charge in [0.15, 0.2) is 4.34 Å². The fraction of sp³-hybridized carbons (Fsp3) is 0.321. The molecule has 0 atom stereocenters. The molecule has 0 spiro atoms. The van der Waals surface area contributed by atoms with Crippen LogP contribution in [0.25, 0.3) is 10.9 Å². The third kappa shape index (κ3) is 5.57. The minimum atomic E-state index is 0.694. The second-order valence-electron chi connectivity index (χ2n) is 9.07. The average molecular weight is 513 g/mol. The molecule has 0 unspecified atom stereocenters. The van der Waals surface area contributed by atoms with Crippen LogP contribution in [0.15, 0.2) is 57.9 Å². The van der Waals surface area contributed by atoms with Crippen LogP contribution in [0.3, 0.4) is 0 Å². The number of aromatic nitrogens is 2. The second kappa shape index (κ2) is 11.2. The number of piperazine rings is 1. The summed E-state index contributed by atoms with van der Waals surface area (Å²) in [6, 6.07) is 19.0. The molecule has 0 amide bonds. The molecule has 2 aromatic heterocycles. The van der Waals surface area contributed by atoms with Crippen LogP contribution in [-0.2, 0) is 6.42 Å². The van der Waals surface area contributed by atoms with Gasteiger partial charge in [-0.2, -0.15) is 10.5 Å². The van der Waals surface area contributed by atoms with Crippen molar-refractivity contribution in [1.29, 1.82) is 10.5 Å². The van der Waals surface area contributed by atoms with Crippen molar-refractivity contribution in [2.45, 2.75) is 35.4 Å². The van der Waals surface area contributed by atoms with Crippen molar-refractivity contribution in [1.82, 2.24) is 14.9 Å². The smallest absolute Gasteiger partial charge is 0.156 e. The van der Waals surface area contributed by atoms with Crippen LogP contribution < -0.4 is 4.90 Å². The van der Waals surface area contributed by atoms with Gasteiger partial charge < -0.3 is 9.88 Å². The summed E-state index contributed by atoms with van der Waals surface area (Å²) in [5, 5.41) is 19.5. The van der Waals surface area contributed by atoms with Gasteiger partial charge in [0.1, 0.15) is 10.9 Å². The molecule has 5 rings (SSSR count). The molecule has 4 aromatic rings. The van der Waals surface area contributed by atoms with Crippen molar-refractivity contribution < 1.29 is 0 Å². The SMILES string of the molecule is Cc1nc(Sc2ccc(N3CCN(CCCCc4c[nH]c5ccc(C#N)cc45)CC3)cc2)sc1C#N. The standard InChI is InChI=1S/C28H28N6S2/c1-20-27(18-30)36-28(32-20)35-24-8-6-23(7-9-24)34-14-12-33(13-15-34)11-3-2-4-22-19-31-26-10-5-21(17-29)16-25(22)26/h5-10,16,19,31H,2-4,11-15H2,1H3. The van der Waals surface area contributed by atoms with E-state index in [-0.39, 0.29) is 0 Å². The number of fused-ring (bicyclic) bond motifs is 1. The zero-order chi connectivity index (χ0) is 24.9. The van der Waals surface area contributed by atoms with E-state index < -0.39 is 0 Å². The highest BCUT2D eigenvalue weighted by Crippen LogP contribution is 2.33. The summed E-state index contributed by atoms with van der Waals surface area (Å²) < 4.78 is 0.919. The molecule has 1 saturated heterocycles. The summed E-state index contributed by atoms with van der Waals surface area (Å²) in [5.41, 5.74) is 5.22. The van der Waals surface area contributed by atoms with E-state index in [1.165, 1.54) is 34.4 Å². The van der Waals surface area contributed by atoms with Crippen LogP contribution in [0.4, 0.5) is 5.69 Å². The first kappa shape index (κ1) is 24.4. The molecule has 0 radical (unpaired) electrons. The molecule has 6 nitrogen and oxygen atoms in total. The number of benzene rings is 2. The highest BCUT2D eigenvalue weighted by atomic mass is 32.2. The predicted molar refractivity (Wildman–Crippen MR) is 147 cm³/mol. The van der Waals surface area contributed by atoms with Gasteiger partial charge in [-0.25, -0.2) is 4.98 Å². The van der Waals surface area contributed by atoms with Crippen molar-refractivity contribution in [2.75, 3.05) is 37.6 Å². The summed E-state index contributed by atoms with van der Waals surface area (Å²) in [6.45, 7) is 7.28. The Kier molecular flexibility index (Phi) is 7.58. The Hall–Kier alpha value is -3.30. The van der Waals surface area contributed by atoms with Crippen LogP contribution in [0.1, 0.15) is 34.5 Å². The minimum Gasteiger partial charge on any atom is -0.369 e. The first-order valence-corrected chi connectivity index (χ1v) is 13.9. The number of anilines is 1. The van der Waals surface area contributed by atoms with E-state index in [1.54, 1.807) is 11.8 Å². The van der Waals surface area contributed by atoms with E-state index in [2.05, 4.69) is 62.4 Å². The van der Waals surface area contributed by atoms with Gasteiger partial charge in [0.2, 0.25) is 0 Å². The first-order chi connectivity index (χ1) is 17.6. The third-order valence-corrected chi connectivity index (χ3v) is 8.86. The highest BCUT2D eigenvalue weighted by molar-refractivity contribution is 8.01. The summed E-state index contributed by atoms with van der Waals surface area (Å²) in [5.74, 6) is 0. The van der Waals surface area contributed by atoms with E-state index in [0.717, 1.165) is 71.6 Å². The van der Waals surface area contributed by atoms with E-state index in [0.29, 0.717) is 4.88 Å². The molecule has 182 valence electrons. The summed E-state index contributed by atoms with van der Waals surface area (Å²) in [4.78, 5) is 14.7. The fourth-order valence-electron chi connectivity index (χ4n) is 4.68. The lowest BCUT2D eigenvalue weighted by Crippen LogP contribution is -2.46. The normalized spacial score (nSPS) is 14.1. The predicted octanol–water partition coefficient (Wildman–Crippen LogP) is 5.97. The summed E-state index contributed by atoms with van der Waals surface area (Å²) in [7, 11) is 0. The lowest BCUT2D eigenvalue weighted by molar-refractivity contribution is 0.253. The maximum atomic E-state index is 9.18. The van der Waals surface area contributed by atoms with E-state index in [9.17, 15) is 5.26 Å². The van der Waals surface area contributed by atoms with E-state index in [1.807, 2.05) is 25.1 Å². The Labute approximate surface area is 220 Å². The number of nitriles is 2. The number of aryl methyl sites for hydroxylation is 2. The second-order valence-corrected chi connectivity index (χ2v) is 11.4. The molecule has 36 heavy (non-hydrogen) atoms. The van der Waals surface area contributed by atoms with Crippen molar-refractivity contribution in [2.24, 2.45) is 0 Å². The lowest BCUT2D eigenvalue weighted by Gasteiger charge is -2.36. The lowest BCUT2D eigenvalue weighted by atomic mass is 10.1. The number of aromatic amines is 1. The topological polar surface area (TPSA) is 82.7 Å². The Bertz CT molecular complexity index is 1420. The van der Waals surface area contributed by atoms with Gasteiger partial charge in [0.25, 0.3) is 0 Å². The number of H-pyrrole nitrogens is 1. The maximum absolute atomic E-state index is 9.18. The number of hydrogen-bond acceptors (Lipinski definition) is 7. The number of unbranched alkanes of at least 4 members (excludes halogenated alkanes) is 1. The van der Waals surface area contributed by atoms with E-state index >= 15 is 0 Å². The van der Waals surface area contributed by atoms with Gasteiger partial charge in [-0.15, -0.1) is 0 Å². The quantitative estimate of drug-likeness (QED) is 0.293. The molecule has 2 aromatic carbocycles. The van der Waals surface area contributed by atoms with Crippen molar-refractivity contribution in [3.05, 3.63) is 70.4 Å². The van der Waals surface area contributed by atoms with Crippen molar-refractivity contribution in [3.63, 3.8) is 0 Å². The van der Waals surface area contributed by atoms with Gasteiger partial charge in [0, 0.05) is 53.9 Å². The van der Waals surface area contributed by atoms with Crippen molar-refractivity contribution >= 4 is 39.7 Å². The van der Waals surface area contributed by atoms with Gasteiger partial charge in [-0.05, 0) is 80.8 Å². The van der Waals surface area contributed by atoms with Gasteiger partial charge in [-0.3, -0.25) is 4.90 Å². The number of thiazole rings is 1. The van der Waals surface area contributed by atoms with Crippen molar-refractivity contribution in [3.8, 4) is 12.1 Å². The Morgan fingerprint density at radius 1 is 1.03 bits per heavy atom. The third-order valence-electron chi connectivity index (χ3n) is 6.72. The van der Waals surface area contributed by atoms with Crippen LogP contribution in [-0.4, -0.2) is 47.6 Å². The molecule has 8 heteroatoms. The Balaban J connectivity index is 1.06. The summed E-state index contributed by atoms with van der Waals surface area (Å²) >= 11 is 3.08. The molecule has 0 bridgehead atoms. The van der Waals surface area contributed by atoms with Gasteiger partial charge >= 0.3 is 0 Å². The summed E-state index contributed by atoms with van der Waals surface area (Å²) in [6.07, 6.45) is 5.46. The number of nitrogens with one attached hydrogen (secondary N) is 1. The molecule has 0 saturated carbocycles. The number of hydrogen-bond donors (Lipinski definition) is 1. The largest absolute Gasteiger partial charge is 0.369 e. The molecule has 1 fully saturated rings. The number of nitrogens with zero attached hydrogens (tertiary/aromatic N) is 5. The Morgan fingerprint density at radius 2 is 1.83 bits per heavy atom. The molecular weight excluding hydrogens is 484 g/mol. The van der Waals surface area contributed by atoms with E-state index in [4.69, 9.17) is 5.26 Å². The first-order valence-electron chi connectivity index (χ1n) is 12.3. The van der Waals surface area contributed by atoms with Crippen LogP contribution >= 0.6 is 23.1 Å². The fourth-order valence-corrected chi connectivity index (χ4v) is 6.64. The van der Waals surface area contributed by atoms with Gasteiger partial charge in [-0.1, -0.05) is 23.1 Å². The van der Waals surface area contributed by atoms with Crippen LogP contribution in [0.5, 0.6) is 0 Å². The molecule has 1 aliphatic heterocycles. The zero-order valence-electron chi connectivity index (χ0n) is 20.3. The zero-order valence-corrected chi connectivity index (χ0v) is 22.0. The molecular formula is C28H28N6S2. The molecule has 1 aliphatic rings.